The van der Waals surface area contributed by atoms with Crippen molar-refractivity contribution in [3.05, 3.63) is 47.7 Å². The maximum absolute atomic E-state index is 11.5. The molecule has 1 saturated carbocycles. The highest BCUT2D eigenvalue weighted by Crippen LogP contribution is 2.36. The van der Waals surface area contributed by atoms with Crippen molar-refractivity contribution in [3.63, 3.8) is 0 Å². The van der Waals surface area contributed by atoms with Crippen molar-refractivity contribution in [1.82, 2.24) is 4.57 Å². The smallest absolute Gasteiger partial charge is 0.337 e. The number of aromatic nitrogens is 1. The van der Waals surface area contributed by atoms with Crippen LogP contribution in [0.25, 0.3) is 11.3 Å². The molecule has 3 heteroatoms. The number of hydrogen-bond acceptors (Lipinski definition) is 1. The van der Waals surface area contributed by atoms with E-state index < -0.39 is 5.97 Å². The van der Waals surface area contributed by atoms with Gasteiger partial charge in [-0.15, -0.1) is 0 Å². The number of aromatic carboxylic acids is 1. The van der Waals surface area contributed by atoms with Gasteiger partial charge in [0.25, 0.3) is 0 Å². The van der Waals surface area contributed by atoms with Gasteiger partial charge in [-0.3, -0.25) is 0 Å². The maximum atomic E-state index is 11.5. The summed E-state index contributed by atoms with van der Waals surface area (Å²) in [5.41, 5.74) is 3.45. The minimum atomic E-state index is -0.834. The van der Waals surface area contributed by atoms with E-state index in [4.69, 9.17) is 0 Å². The molecule has 0 spiro atoms. The Morgan fingerprint density at radius 3 is 2.43 bits per heavy atom. The molecule has 0 aliphatic heterocycles. The van der Waals surface area contributed by atoms with E-state index in [1.807, 2.05) is 31.2 Å². The van der Waals surface area contributed by atoms with Gasteiger partial charge in [0.1, 0.15) is 0 Å². The number of hydrogen-bond donors (Lipinski definition) is 1. The van der Waals surface area contributed by atoms with E-state index >= 15 is 0 Å². The van der Waals surface area contributed by atoms with Gasteiger partial charge in [0.05, 0.1) is 5.56 Å². The van der Waals surface area contributed by atoms with Crippen LogP contribution in [-0.2, 0) is 0 Å². The van der Waals surface area contributed by atoms with Gasteiger partial charge >= 0.3 is 5.97 Å². The largest absolute Gasteiger partial charge is 0.478 e. The fourth-order valence-electron chi connectivity index (χ4n) is 3.48. The molecule has 0 atom stereocenters. The first-order chi connectivity index (χ1) is 10.2. The first-order valence-electron chi connectivity index (χ1n) is 7.69. The SMILES string of the molecule is Cc1c(C(=O)O)cc(-c2ccccc2)n1C1CCCCC1. The van der Waals surface area contributed by atoms with Gasteiger partial charge in [0, 0.05) is 17.4 Å². The van der Waals surface area contributed by atoms with Crippen LogP contribution in [-0.4, -0.2) is 15.6 Å². The van der Waals surface area contributed by atoms with Crippen molar-refractivity contribution >= 4 is 5.97 Å². The topological polar surface area (TPSA) is 42.2 Å². The van der Waals surface area contributed by atoms with Crippen molar-refractivity contribution in [2.24, 2.45) is 0 Å². The molecule has 3 rings (SSSR count). The van der Waals surface area contributed by atoms with E-state index in [1.54, 1.807) is 0 Å². The van der Waals surface area contributed by atoms with Gasteiger partial charge in [0.15, 0.2) is 0 Å². The summed E-state index contributed by atoms with van der Waals surface area (Å²) in [5.74, 6) is -0.834. The molecule has 0 amide bonds. The van der Waals surface area contributed by atoms with E-state index in [0.29, 0.717) is 11.6 Å². The van der Waals surface area contributed by atoms with Gasteiger partial charge in [-0.1, -0.05) is 49.6 Å². The summed E-state index contributed by atoms with van der Waals surface area (Å²) in [6.45, 7) is 1.94. The van der Waals surface area contributed by atoms with E-state index in [0.717, 1.165) is 29.8 Å². The van der Waals surface area contributed by atoms with Crippen LogP contribution in [0.2, 0.25) is 0 Å². The summed E-state index contributed by atoms with van der Waals surface area (Å²) in [7, 11) is 0. The Balaban J connectivity index is 2.13. The third-order valence-corrected chi connectivity index (χ3v) is 4.53. The minimum absolute atomic E-state index is 0.430. The molecule has 2 aromatic rings. The molecule has 1 fully saturated rings. The van der Waals surface area contributed by atoms with E-state index in [9.17, 15) is 9.90 Å². The Morgan fingerprint density at radius 2 is 1.81 bits per heavy atom. The number of benzene rings is 1. The number of nitrogens with zero attached hydrogens (tertiary/aromatic N) is 1. The van der Waals surface area contributed by atoms with Crippen LogP contribution >= 0.6 is 0 Å². The molecule has 110 valence electrons. The lowest BCUT2D eigenvalue weighted by Gasteiger charge is -2.27. The Hall–Kier alpha value is -2.03. The van der Waals surface area contributed by atoms with E-state index in [1.165, 1.54) is 19.3 Å². The van der Waals surface area contributed by atoms with Crippen molar-refractivity contribution < 1.29 is 9.90 Å². The molecule has 0 radical (unpaired) electrons. The van der Waals surface area contributed by atoms with Crippen LogP contribution in [0.5, 0.6) is 0 Å². The molecule has 1 N–H and O–H groups in total. The average molecular weight is 283 g/mol. The fraction of sp³-hybridized carbons (Fsp3) is 0.389. The third-order valence-electron chi connectivity index (χ3n) is 4.53. The van der Waals surface area contributed by atoms with Gasteiger partial charge in [-0.2, -0.15) is 0 Å². The molecule has 1 aliphatic carbocycles. The van der Waals surface area contributed by atoms with Gasteiger partial charge < -0.3 is 9.67 Å². The second-order valence-electron chi connectivity index (χ2n) is 5.86. The maximum Gasteiger partial charge on any atom is 0.337 e. The highest BCUT2D eigenvalue weighted by molar-refractivity contribution is 5.91. The quantitative estimate of drug-likeness (QED) is 0.889. The number of carboxylic acid groups (broad SMARTS) is 1. The molecule has 1 aromatic carbocycles. The minimum Gasteiger partial charge on any atom is -0.478 e. The number of rotatable bonds is 3. The predicted octanol–water partition coefficient (Wildman–Crippen LogP) is 4.67. The lowest BCUT2D eigenvalue weighted by molar-refractivity contribution is 0.0696. The second-order valence-corrected chi connectivity index (χ2v) is 5.86. The molecule has 0 unspecified atom stereocenters. The molecule has 21 heavy (non-hydrogen) atoms. The first-order valence-corrected chi connectivity index (χ1v) is 7.69. The molecule has 0 bridgehead atoms. The predicted molar refractivity (Wildman–Crippen MR) is 83.7 cm³/mol. The zero-order valence-electron chi connectivity index (χ0n) is 12.4. The van der Waals surface area contributed by atoms with Gasteiger partial charge in [-0.05, 0) is 31.4 Å². The summed E-state index contributed by atoms with van der Waals surface area (Å²) in [4.78, 5) is 11.5. The van der Waals surface area contributed by atoms with Crippen LogP contribution in [0.3, 0.4) is 0 Å². The third kappa shape index (κ3) is 2.60. The summed E-state index contributed by atoms with van der Waals surface area (Å²) < 4.78 is 2.26. The van der Waals surface area contributed by atoms with Crippen LogP contribution in [0.1, 0.15) is 54.2 Å². The van der Waals surface area contributed by atoms with E-state index in [-0.39, 0.29) is 0 Å². The normalized spacial score (nSPS) is 16.0. The Bertz CT molecular complexity index is 637. The molecular weight excluding hydrogens is 262 g/mol. The number of carbonyl (C=O) groups is 1. The summed E-state index contributed by atoms with van der Waals surface area (Å²) >= 11 is 0. The van der Waals surface area contributed by atoms with Crippen LogP contribution in [0, 0.1) is 6.92 Å². The Morgan fingerprint density at radius 1 is 1.14 bits per heavy atom. The van der Waals surface area contributed by atoms with Gasteiger partial charge in [-0.25, -0.2) is 4.79 Å². The zero-order chi connectivity index (χ0) is 14.8. The van der Waals surface area contributed by atoms with Crippen molar-refractivity contribution in [2.75, 3.05) is 0 Å². The van der Waals surface area contributed by atoms with Crippen molar-refractivity contribution in [3.8, 4) is 11.3 Å². The highest BCUT2D eigenvalue weighted by Gasteiger charge is 2.24. The molecule has 1 aromatic heterocycles. The second kappa shape index (κ2) is 5.76. The van der Waals surface area contributed by atoms with Crippen LogP contribution in [0.15, 0.2) is 36.4 Å². The van der Waals surface area contributed by atoms with Crippen LogP contribution in [0.4, 0.5) is 0 Å². The zero-order valence-corrected chi connectivity index (χ0v) is 12.4. The van der Waals surface area contributed by atoms with Crippen molar-refractivity contribution in [1.29, 1.82) is 0 Å². The highest BCUT2D eigenvalue weighted by atomic mass is 16.4. The standard InChI is InChI=1S/C18H21NO2/c1-13-16(18(20)21)12-17(14-8-4-2-5-9-14)19(13)15-10-6-3-7-11-15/h2,4-5,8-9,12,15H,3,6-7,10-11H2,1H3,(H,20,21). The summed E-state index contributed by atoms with van der Waals surface area (Å²) in [6, 6.07) is 12.4. The molecular formula is C18H21NO2. The van der Waals surface area contributed by atoms with Gasteiger partial charge in [0.2, 0.25) is 0 Å². The molecule has 1 aliphatic rings. The molecule has 0 saturated heterocycles. The lowest BCUT2D eigenvalue weighted by Crippen LogP contribution is -2.15. The number of carboxylic acids is 1. The van der Waals surface area contributed by atoms with Crippen LogP contribution < -0.4 is 0 Å². The Labute approximate surface area is 125 Å². The molecule has 3 nitrogen and oxygen atoms in total. The Kier molecular flexibility index (Phi) is 3.82. The fourth-order valence-corrected chi connectivity index (χ4v) is 3.48. The average Bonchev–Trinajstić information content (AvgIpc) is 2.87. The summed E-state index contributed by atoms with van der Waals surface area (Å²) in [6.07, 6.45) is 6.06. The van der Waals surface area contributed by atoms with E-state index in [2.05, 4.69) is 16.7 Å². The monoisotopic (exact) mass is 283 g/mol. The summed E-state index contributed by atoms with van der Waals surface area (Å²) in [5, 5.41) is 9.44. The lowest BCUT2D eigenvalue weighted by atomic mass is 9.94. The van der Waals surface area contributed by atoms with Crippen molar-refractivity contribution in [2.45, 2.75) is 45.1 Å². The molecule has 1 heterocycles. The first kappa shape index (κ1) is 13.9.